The van der Waals surface area contributed by atoms with Crippen molar-refractivity contribution in [1.29, 1.82) is 0 Å². The van der Waals surface area contributed by atoms with E-state index in [2.05, 4.69) is 10.2 Å². The van der Waals surface area contributed by atoms with Crippen LogP contribution in [-0.2, 0) is 0 Å². The lowest BCUT2D eigenvalue weighted by molar-refractivity contribution is 0.0620. The summed E-state index contributed by atoms with van der Waals surface area (Å²) in [5.74, 6) is 0.534. The quantitative estimate of drug-likeness (QED) is 0.900. The van der Waals surface area contributed by atoms with Gasteiger partial charge in [0.15, 0.2) is 0 Å². The number of piperidine rings is 3. The fraction of sp³-hybridized carbons (Fsp3) is 0.500. The monoisotopic (exact) mass is 334 g/mol. The third-order valence-corrected chi connectivity index (χ3v) is 4.53. The van der Waals surface area contributed by atoms with Crippen molar-refractivity contribution in [3.05, 3.63) is 33.8 Å². The van der Waals surface area contributed by atoms with Gasteiger partial charge in [0.2, 0.25) is 0 Å². The molecule has 0 spiro atoms. The van der Waals surface area contributed by atoms with Crippen LogP contribution in [-0.4, -0.2) is 36.5 Å². The fourth-order valence-corrected chi connectivity index (χ4v) is 3.59. The van der Waals surface area contributed by atoms with Crippen LogP contribution in [0.25, 0.3) is 0 Å². The minimum absolute atomic E-state index is 0. The van der Waals surface area contributed by atoms with Crippen LogP contribution < -0.4 is 5.32 Å². The average Bonchev–Trinajstić information content (AvgIpc) is 2.39. The van der Waals surface area contributed by atoms with Crippen molar-refractivity contribution in [2.45, 2.75) is 18.9 Å². The first-order valence-corrected chi connectivity index (χ1v) is 7.37. The fourth-order valence-electron chi connectivity index (χ4n) is 3.07. The van der Waals surface area contributed by atoms with Gasteiger partial charge in [-0.05, 0) is 50.0 Å². The Kier molecular flexibility index (Phi) is 5.19. The molecule has 0 radical (unpaired) electrons. The highest BCUT2D eigenvalue weighted by molar-refractivity contribution is 6.35. The SMILES string of the molecule is Cl.O=C(N[C@H]1CN2CCC1CC2)c1cc(Cl)cc(Cl)c1. The van der Waals surface area contributed by atoms with E-state index in [-0.39, 0.29) is 24.4 Å². The molecule has 1 N–H and O–H groups in total. The summed E-state index contributed by atoms with van der Waals surface area (Å²) >= 11 is 11.9. The lowest BCUT2D eigenvalue weighted by Gasteiger charge is -2.44. The number of halogens is 3. The van der Waals surface area contributed by atoms with Crippen molar-refractivity contribution in [1.82, 2.24) is 10.2 Å². The van der Waals surface area contributed by atoms with E-state index >= 15 is 0 Å². The van der Waals surface area contributed by atoms with Gasteiger partial charge in [-0.1, -0.05) is 23.2 Å². The molecule has 3 aliphatic rings. The molecule has 0 saturated carbocycles. The summed E-state index contributed by atoms with van der Waals surface area (Å²) in [5, 5.41) is 4.11. The van der Waals surface area contributed by atoms with Gasteiger partial charge in [0.1, 0.15) is 0 Å². The van der Waals surface area contributed by atoms with Crippen molar-refractivity contribution in [3.8, 4) is 0 Å². The van der Waals surface area contributed by atoms with Gasteiger partial charge in [0, 0.05) is 28.2 Å². The highest BCUT2D eigenvalue weighted by atomic mass is 35.5. The molecule has 3 aliphatic heterocycles. The molecule has 3 heterocycles. The second-order valence-corrected chi connectivity index (χ2v) is 6.25. The standard InChI is InChI=1S/C14H16Cl2N2O.ClH/c15-11-5-10(6-12(16)7-11)14(19)17-13-8-18-3-1-9(13)2-4-18;/h5-7,9,13H,1-4,8H2,(H,17,19);1H/t13-;/m0./s1. The van der Waals surface area contributed by atoms with E-state index in [0.29, 0.717) is 21.5 Å². The van der Waals surface area contributed by atoms with E-state index < -0.39 is 0 Å². The average molecular weight is 336 g/mol. The number of nitrogens with zero attached hydrogens (tertiary/aromatic N) is 1. The lowest BCUT2D eigenvalue weighted by Crippen LogP contribution is -2.57. The third kappa shape index (κ3) is 3.40. The molecular weight excluding hydrogens is 319 g/mol. The van der Waals surface area contributed by atoms with Gasteiger partial charge in [-0.3, -0.25) is 4.79 Å². The Morgan fingerprint density at radius 1 is 1.15 bits per heavy atom. The summed E-state index contributed by atoms with van der Waals surface area (Å²) in [7, 11) is 0. The highest BCUT2D eigenvalue weighted by Crippen LogP contribution is 2.28. The van der Waals surface area contributed by atoms with Gasteiger partial charge in [-0.2, -0.15) is 0 Å². The number of fused-ring (bicyclic) bond motifs is 3. The lowest BCUT2D eigenvalue weighted by atomic mass is 9.84. The molecule has 3 nitrogen and oxygen atoms in total. The van der Waals surface area contributed by atoms with E-state index in [4.69, 9.17) is 23.2 Å². The zero-order valence-corrected chi connectivity index (χ0v) is 13.3. The van der Waals surface area contributed by atoms with E-state index in [1.807, 2.05) is 0 Å². The number of benzene rings is 1. The molecule has 20 heavy (non-hydrogen) atoms. The summed E-state index contributed by atoms with van der Waals surface area (Å²) in [6, 6.07) is 5.20. The largest absolute Gasteiger partial charge is 0.348 e. The van der Waals surface area contributed by atoms with Gasteiger partial charge in [0.25, 0.3) is 5.91 Å². The summed E-state index contributed by atoms with van der Waals surface area (Å²) in [5.41, 5.74) is 0.536. The highest BCUT2D eigenvalue weighted by Gasteiger charge is 2.34. The number of rotatable bonds is 2. The molecule has 1 aromatic carbocycles. The van der Waals surface area contributed by atoms with E-state index in [0.717, 1.165) is 6.54 Å². The molecule has 0 aromatic heterocycles. The zero-order valence-electron chi connectivity index (χ0n) is 10.9. The number of hydrogen-bond acceptors (Lipinski definition) is 2. The predicted molar refractivity (Wildman–Crippen MR) is 84.1 cm³/mol. The summed E-state index contributed by atoms with van der Waals surface area (Å²) in [4.78, 5) is 14.7. The van der Waals surface area contributed by atoms with Crippen LogP contribution in [0.5, 0.6) is 0 Å². The Balaban J connectivity index is 0.00000147. The van der Waals surface area contributed by atoms with Crippen LogP contribution in [0.15, 0.2) is 18.2 Å². The van der Waals surface area contributed by atoms with E-state index in [1.165, 1.54) is 25.9 Å². The van der Waals surface area contributed by atoms with Crippen LogP contribution >= 0.6 is 35.6 Å². The van der Waals surface area contributed by atoms with Crippen LogP contribution in [0, 0.1) is 5.92 Å². The minimum Gasteiger partial charge on any atom is -0.348 e. The summed E-state index contributed by atoms with van der Waals surface area (Å²) < 4.78 is 0. The maximum atomic E-state index is 12.2. The van der Waals surface area contributed by atoms with Gasteiger partial charge in [-0.15, -0.1) is 12.4 Å². The molecular formula is C14H17Cl3N2O. The van der Waals surface area contributed by atoms with Crippen LogP contribution in [0.3, 0.4) is 0 Å². The maximum absolute atomic E-state index is 12.2. The van der Waals surface area contributed by atoms with Crippen LogP contribution in [0.4, 0.5) is 0 Å². The molecule has 1 aromatic rings. The van der Waals surface area contributed by atoms with E-state index in [1.54, 1.807) is 18.2 Å². The first-order chi connectivity index (χ1) is 9.11. The van der Waals surface area contributed by atoms with E-state index in [9.17, 15) is 4.79 Å². The second-order valence-electron chi connectivity index (χ2n) is 5.38. The van der Waals surface area contributed by atoms with Gasteiger partial charge in [-0.25, -0.2) is 0 Å². The first-order valence-electron chi connectivity index (χ1n) is 6.61. The van der Waals surface area contributed by atoms with Crippen LogP contribution in [0.1, 0.15) is 23.2 Å². The topological polar surface area (TPSA) is 32.3 Å². The summed E-state index contributed by atoms with van der Waals surface area (Å²) in [6.07, 6.45) is 2.36. The Hall–Kier alpha value is -0.480. The Morgan fingerprint density at radius 3 is 2.25 bits per heavy atom. The molecule has 2 bridgehead atoms. The van der Waals surface area contributed by atoms with Gasteiger partial charge in [0.05, 0.1) is 0 Å². The van der Waals surface area contributed by atoms with Gasteiger partial charge < -0.3 is 10.2 Å². The Bertz CT molecular complexity index is 481. The molecule has 0 unspecified atom stereocenters. The van der Waals surface area contributed by atoms with Crippen molar-refractivity contribution < 1.29 is 4.79 Å². The number of hydrogen-bond donors (Lipinski definition) is 1. The predicted octanol–water partition coefficient (Wildman–Crippen LogP) is 3.24. The van der Waals surface area contributed by atoms with Crippen molar-refractivity contribution >= 4 is 41.5 Å². The number of nitrogens with one attached hydrogen (secondary N) is 1. The molecule has 110 valence electrons. The maximum Gasteiger partial charge on any atom is 0.251 e. The van der Waals surface area contributed by atoms with Crippen molar-refractivity contribution in [3.63, 3.8) is 0 Å². The van der Waals surface area contributed by atoms with Crippen LogP contribution in [0.2, 0.25) is 10.0 Å². The third-order valence-electron chi connectivity index (χ3n) is 4.10. The van der Waals surface area contributed by atoms with Gasteiger partial charge >= 0.3 is 0 Å². The first kappa shape index (κ1) is 15.9. The second kappa shape index (κ2) is 6.52. The normalized spacial score (nSPS) is 27.8. The molecule has 1 atom stereocenters. The molecule has 1 amide bonds. The summed E-state index contributed by atoms with van der Waals surface area (Å²) in [6.45, 7) is 3.30. The smallest absolute Gasteiger partial charge is 0.251 e. The molecule has 3 fully saturated rings. The Labute approximate surface area is 135 Å². The number of amides is 1. The minimum atomic E-state index is -0.0804. The van der Waals surface area contributed by atoms with Crippen molar-refractivity contribution in [2.24, 2.45) is 5.92 Å². The molecule has 3 saturated heterocycles. The molecule has 6 heteroatoms. The van der Waals surface area contributed by atoms with Crippen molar-refractivity contribution in [2.75, 3.05) is 19.6 Å². The molecule has 4 rings (SSSR count). The zero-order chi connectivity index (χ0) is 13.4. The number of carbonyl (C=O) groups excluding carboxylic acids is 1. The molecule has 0 aliphatic carbocycles. The Morgan fingerprint density at radius 2 is 1.75 bits per heavy atom. The number of carbonyl (C=O) groups is 1.